The summed E-state index contributed by atoms with van der Waals surface area (Å²) in [6, 6.07) is 11.5. The quantitative estimate of drug-likeness (QED) is 0.547. The molecule has 32 heavy (non-hydrogen) atoms. The van der Waals surface area contributed by atoms with E-state index in [1.807, 2.05) is 26.0 Å². The van der Waals surface area contributed by atoms with Gasteiger partial charge in [0.15, 0.2) is 6.61 Å². The van der Waals surface area contributed by atoms with Crippen molar-refractivity contribution < 1.29 is 23.8 Å². The molecule has 0 fully saturated rings. The normalized spacial score (nSPS) is 11.6. The van der Waals surface area contributed by atoms with Gasteiger partial charge in [-0.1, -0.05) is 37.6 Å². The molecule has 2 rings (SSSR count). The lowest BCUT2D eigenvalue weighted by atomic mass is 10.1. The van der Waals surface area contributed by atoms with Gasteiger partial charge in [0.25, 0.3) is 5.91 Å². The Hall–Kier alpha value is -2.93. The van der Waals surface area contributed by atoms with Gasteiger partial charge in [-0.15, -0.1) is 0 Å². The molecule has 7 nitrogen and oxygen atoms in total. The van der Waals surface area contributed by atoms with Gasteiger partial charge in [-0.2, -0.15) is 0 Å². The number of rotatable bonds is 11. The first-order valence-electron chi connectivity index (χ1n) is 10.4. The van der Waals surface area contributed by atoms with Crippen LogP contribution in [0.2, 0.25) is 5.02 Å². The van der Waals surface area contributed by atoms with Crippen molar-refractivity contribution in [2.75, 3.05) is 27.4 Å². The zero-order valence-electron chi connectivity index (χ0n) is 19.2. The van der Waals surface area contributed by atoms with Crippen molar-refractivity contribution in [2.45, 2.75) is 33.4 Å². The average Bonchev–Trinajstić information content (AvgIpc) is 2.78. The van der Waals surface area contributed by atoms with E-state index in [9.17, 15) is 9.59 Å². The molecule has 0 aromatic heterocycles. The topological polar surface area (TPSA) is 77.1 Å². The Morgan fingerprint density at radius 1 is 1.00 bits per heavy atom. The Morgan fingerprint density at radius 3 is 2.19 bits per heavy atom. The standard InChI is InChI=1S/C24H31ClN2O5/c1-16(2)13-26-24(29)17(3)27(14-18-7-6-8-19(25)9-18)23(28)15-32-22-11-20(30-4)10-21(12-22)31-5/h6-12,16-17H,13-15H2,1-5H3,(H,26,29)/t17-/m0/s1. The van der Waals surface area contributed by atoms with Crippen LogP contribution >= 0.6 is 11.6 Å². The number of benzene rings is 2. The van der Waals surface area contributed by atoms with E-state index in [4.69, 9.17) is 25.8 Å². The Balaban J connectivity index is 2.18. The number of hydrogen-bond donors (Lipinski definition) is 1. The summed E-state index contributed by atoms with van der Waals surface area (Å²) in [5.74, 6) is 1.26. The maximum Gasteiger partial charge on any atom is 0.261 e. The SMILES string of the molecule is COc1cc(OC)cc(OCC(=O)N(Cc2cccc(Cl)c2)[C@@H](C)C(=O)NCC(C)C)c1. The second-order valence-corrected chi connectivity index (χ2v) is 8.24. The Kier molecular flexibility index (Phi) is 9.65. The van der Waals surface area contributed by atoms with Gasteiger partial charge in [0.1, 0.15) is 23.3 Å². The van der Waals surface area contributed by atoms with Crippen LogP contribution in [0.4, 0.5) is 0 Å². The smallest absolute Gasteiger partial charge is 0.261 e. The molecule has 174 valence electrons. The van der Waals surface area contributed by atoms with Gasteiger partial charge < -0.3 is 24.4 Å². The lowest BCUT2D eigenvalue weighted by molar-refractivity contribution is -0.142. The van der Waals surface area contributed by atoms with E-state index in [1.165, 1.54) is 19.1 Å². The first-order valence-corrected chi connectivity index (χ1v) is 10.8. The number of ether oxygens (including phenoxy) is 3. The van der Waals surface area contributed by atoms with Crippen LogP contribution in [-0.2, 0) is 16.1 Å². The van der Waals surface area contributed by atoms with Gasteiger partial charge >= 0.3 is 0 Å². The summed E-state index contributed by atoms with van der Waals surface area (Å²) in [6.45, 7) is 6.22. The second kappa shape index (κ2) is 12.2. The van der Waals surface area contributed by atoms with Crippen LogP contribution in [0.1, 0.15) is 26.3 Å². The average molecular weight is 463 g/mol. The molecular formula is C24H31ClN2O5. The van der Waals surface area contributed by atoms with Crippen LogP contribution in [0, 0.1) is 5.92 Å². The number of halogens is 1. The molecule has 0 radical (unpaired) electrons. The van der Waals surface area contributed by atoms with Crippen LogP contribution in [0.15, 0.2) is 42.5 Å². The van der Waals surface area contributed by atoms with Gasteiger partial charge in [0.05, 0.1) is 14.2 Å². The molecule has 0 saturated carbocycles. The first-order chi connectivity index (χ1) is 15.2. The number of nitrogens with zero attached hydrogens (tertiary/aromatic N) is 1. The van der Waals surface area contributed by atoms with Gasteiger partial charge in [0.2, 0.25) is 5.91 Å². The summed E-state index contributed by atoms with van der Waals surface area (Å²) in [5, 5.41) is 3.45. The van der Waals surface area contributed by atoms with E-state index in [1.54, 1.807) is 37.3 Å². The number of methoxy groups -OCH3 is 2. The third kappa shape index (κ3) is 7.64. The number of nitrogens with one attached hydrogen (secondary N) is 1. The second-order valence-electron chi connectivity index (χ2n) is 7.80. The lowest BCUT2D eigenvalue weighted by Crippen LogP contribution is -2.49. The summed E-state index contributed by atoms with van der Waals surface area (Å²) in [6.07, 6.45) is 0. The minimum atomic E-state index is -0.691. The highest BCUT2D eigenvalue weighted by molar-refractivity contribution is 6.30. The molecule has 0 unspecified atom stereocenters. The molecule has 0 spiro atoms. The van der Waals surface area contributed by atoms with Crippen LogP contribution in [0.3, 0.4) is 0 Å². The van der Waals surface area contributed by atoms with Crippen molar-refractivity contribution in [3.63, 3.8) is 0 Å². The molecule has 2 aromatic rings. The zero-order valence-corrected chi connectivity index (χ0v) is 19.9. The predicted octanol–water partition coefficient (Wildman–Crippen LogP) is 3.93. The minimum absolute atomic E-state index is 0.223. The highest BCUT2D eigenvalue weighted by atomic mass is 35.5. The van der Waals surface area contributed by atoms with E-state index in [0.717, 1.165) is 5.56 Å². The number of amides is 2. The van der Waals surface area contributed by atoms with Crippen molar-refractivity contribution in [3.05, 3.63) is 53.1 Å². The van der Waals surface area contributed by atoms with Crippen LogP contribution in [0.5, 0.6) is 17.2 Å². The first kappa shape index (κ1) is 25.3. The molecule has 8 heteroatoms. The molecule has 1 atom stereocenters. The molecular weight excluding hydrogens is 432 g/mol. The summed E-state index contributed by atoms with van der Waals surface area (Å²) < 4.78 is 16.2. The van der Waals surface area contributed by atoms with Crippen molar-refractivity contribution in [2.24, 2.45) is 5.92 Å². The predicted molar refractivity (Wildman–Crippen MR) is 124 cm³/mol. The van der Waals surface area contributed by atoms with Crippen LogP contribution < -0.4 is 19.5 Å². The summed E-state index contributed by atoms with van der Waals surface area (Å²) in [5.41, 5.74) is 0.817. The summed E-state index contributed by atoms with van der Waals surface area (Å²) in [4.78, 5) is 27.3. The summed E-state index contributed by atoms with van der Waals surface area (Å²) >= 11 is 6.10. The molecule has 0 bridgehead atoms. The van der Waals surface area contributed by atoms with E-state index in [0.29, 0.717) is 34.7 Å². The maximum atomic E-state index is 13.1. The van der Waals surface area contributed by atoms with Crippen LogP contribution in [-0.4, -0.2) is 50.1 Å². The third-order valence-electron chi connectivity index (χ3n) is 4.78. The number of hydrogen-bond acceptors (Lipinski definition) is 5. The number of carbonyl (C=O) groups is 2. The third-order valence-corrected chi connectivity index (χ3v) is 5.02. The molecule has 0 saturated heterocycles. The molecule has 2 amide bonds. The lowest BCUT2D eigenvalue weighted by Gasteiger charge is -2.29. The molecule has 0 aliphatic heterocycles. The van der Waals surface area contributed by atoms with E-state index in [2.05, 4.69) is 5.32 Å². The minimum Gasteiger partial charge on any atom is -0.496 e. The fourth-order valence-corrected chi connectivity index (χ4v) is 3.17. The van der Waals surface area contributed by atoms with Crippen molar-refractivity contribution in [1.82, 2.24) is 10.2 Å². The van der Waals surface area contributed by atoms with Crippen molar-refractivity contribution >= 4 is 23.4 Å². The van der Waals surface area contributed by atoms with E-state index < -0.39 is 6.04 Å². The van der Waals surface area contributed by atoms with Gasteiger partial charge in [-0.05, 0) is 30.5 Å². The Bertz CT molecular complexity index is 897. The van der Waals surface area contributed by atoms with Crippen molar-refractivity contribution in [3.8, 4) is 17.2 Å². The molecule has 1 N–H and O–H groups in total. The highest BCUT2D eigenvalue weighted by Gasteiger charge is 2.26. The van der Waals surface area contributed by atoms with Gasteiger partial charge in [-0.25, -0.2) is 0 Å². The Labute approximate surface area is 194 Å². The molecule has 0 aliphatic rings. The van der Waals surface area contributed by atoms with Crippen molar-refractivity contribution in [1.29, 1.82) is 0 Å². The molecule has 0 aliphatic carbocycles. The summed E-state index contributed by atoms with van der Waals surface area (Å²) in [7, 11) is 3.07. The monoisotopic (exact) mass is 462 g/mol. The van der Waals surface area contributed by atoms with Gasteiger partial charge in [0, 0.05) is 36.3 Å². The van der Waals surface area contributed by atoms with E-state index in [-0.39, 0.29) is 25.0 Å². The van der Waals surface area contributed by atoms with Gasteiger partial charge in [-0.3, -0.25) is 9.59 Å². The fourth-order valence-electron chi connectivity index (χ4n) is 2.96. The Morgan fingerprint density at radius 2 is 1.62 bits per heavy atom. The number of carbonyl (C=O) groups excluding carboxylic acids is 2. The van der Waals surface area contributed by atoms with Crippen LogP contribution in [0.25, 0.3) is 0 Å². The fraction of sp³-hybridized carbons (Fsp3) is 0.417. The molecule has 2 aromatic carbocycles. The van der Waals surface area contributed by atoms with E-state index >= 15 is 0 Å². The largest absolute Gasteiger partial charge is 0.496 e. The molecule has 0 heterocycles. The maximum absolute atomic E-state index is 13.1. The zero-order chi connectivity index (χ0) is 23.7. The highest BCUT2D eigenvalue weighted by Crippen LogP contribution is 2.27.